The summed E-state index contributed by atoms with van der Waals surface area (Å²) in [5.74, 6) is -1.28. The Balaban J connectivity index is 1.45. The van der Waals surface area contributed by atoms with Crippen LogP contribution in [0.4, 0.5) is 0 Å². The fourth-order valence-electron chi connectivity index (χ4n) is 4.22. The number of ether oxygens (including phenoxy) is 6. The first-order valence-electron chi connectivity index (χ1n) is 9.80. The highest BCUT2D eigenvalue weighted by molar-refractivity contribution is 7.99. The van der Waals surface area contributed by atoms with Gasteiger partial charge in [0, 0.05) is 5.75 Å². The Bertz CT molecular complexity index is 601. The summed E-state index contributed by atoms with van der Waals surface area (Å²) in [5.41, 5.74) is -0.849. The Hall–Kier alpha value is -0.0500. The summed E-state index contributed by atoms with van der Waals surface area (Å²) in [6, 6.07) is 0. The van der Waals surface area contributed by atoms with Gasteiger partial charge in [-0.25, -0.2) is 0 Å². The van der Waals surface area contributed by atoms with Crippen LogP contribution in [0, 0.1) is 0 Å². The molecule has 4 heterocycles. The lowest BCUT2D eigenvalue weighted by Crippen LogP contribution is -2.58. The molecule has 4 N–H and O–H groups in total. The largest absolute Gasteiger partial charge is 0.394 e. The van der Waals surface area contributed by atoms with Crippen LogP contribution in [-0.2, 0) is 28.4 Å². The van der Waals surface area contributed by atoms with Gasteiger partial charge in [0.2, 0.25) is 0 Å². The molecule has 6 unspecified atom stereocenters. The van der Waals surface area contributed by atoms with Crippen LogP contribution in [-0.4, -0.2) is 105 Å². The smallest absolute Gasteiger partial charge is 0.190 e. The maximum absolute atomic E-state index is 10.3. The van der Waals surface area contributed by atoms with Crippen LogP contribution in [0.5, 0.6) is 0 Å². The Kier molecular flexibility index (Phi) is 5.97. The molecule has 0 aromatic rings. The van der Waals surface area contributed by atoms with Gasteiger partial charge in [0.15, 0.2) is 17.9 Å². The predicted molar refractivity (Wildman–Crippen MR) is 98.7 cm³/mol. The van der Waals surface area contributed by atoms with E-state index in [-0.39, 0.29) is 6.10 Å². The van der Waals surface area contributed by atoms with E-state index in [2.05, 4.69) is 0 Å². The molecular weight excluding hydrogens is 408 g/mol. The van der Waals surface area contributed by atoms with E-state index >= 15 is 0 Å². The number of hydrogen-bond donors (Lipinski definition) is 4. The van der Waals surface area contributed by atoms with Gasteiger partial charge >= 0.3 is 0 Å². The van der Waals surface area contributed by atoms with Crippen LogP contribution in [0.25, 0.3) is 0 Å². The molecule has 4 fully saturated rings. The van der Waals surface area contributed by atoms with Crippen molar-refractivity contribution in [1.82, 2.24) is 0 Å². The SMILES string of the molecule is CC1(C)OC2C3OC(C)(C)O[C@H]3C(CS[C@@H]3OC(CO)[C@@H](O)C(O)C3O)O[C@@H]2O1. The quantitative estimate of drug-likeness (QED) is 0.426. The zero-order chi connectivity index (χ0) is 21.1. The summed E-state index contributed by atoms with van der Waals surface area (Å²) in [4.78, 5) is 0. The van der Waals surface area contributed by atoms with Crippen LogP contribution in [0.3, 0.4) is 0 Å². The van der Waals surface area contributed by atoms with Gasteiger partial charge in [0.1, 0.15) is 48.2 Å². The number of hydrogen-bond acceptors (Lipinski definition) is 11. The second-order valence-corrected chi connectivity index (χ2v) is 9.87. The first-order valence-corrected chi connectivity index (χ1v) is 10.8. The van der Waals surface area contributed by atoms with E-state index in [4.69, 9.17) is 28.4 Å². The lowest BCUT2D eigenvalue weighted by molar-refractivity contribution is -0.228. The number of thioether (sulfide) groups is 1. The Morgan fingerprint density at radius 2 is 1.34 bits per heavy atom. The average Bonchev–Trinajstić information content (AvgIpc) is 3.13. The molecule has 4 saturated heterocycles. The first kappa shape index (κ1) is 22.2. The fourth-order valence-corrected chi connectivity index (χ4v) is 5.45. The van der Waals surface area contributed by atoms with Crippen molar-refractivity contribution in [3.8, 4) is 0 Å². The molecule has 11 heteroatoms. The van der Waals surface area contributed by atoms with Crippen molar-refractivity contribution in [2.45, 2.75) is 99.8 Å². The molecular formula is C18H30O10S. The minimum absolute atomic E-state index is 0.344. The number of rotatable bonds is 4. The summed E-state index contributed by atoms with van der Waals surface area (Å²) in [5, 5.41) is 39.5. The van der Waals surface area contributed by atoms with Crippen molar-refractivity contribution in [1.29, 1.82) is 0 Å². The van der Waals surface area contributed by atoms with Crippen LogP contribution >= 0.6 is 11.8 Å². The minimum Gasteiger partial charge on any atom is -0.394 e. The molecule has 0 saturated carbocycles. The van der Waals surface area contributed by atoms with Crippen LogP contribution in [0.2, 0.25) is 0 Å². The van der Waals surface area contributed by atoms with Gasteiger partial charge in [-0.05, 0) is 27.7 Å². The third kappa shape index (κ3) is 4.20. The van der Waals surface area contributed by atoms with Crippen molar-refractivity contribution in [2.75, 3.05) is 12.4 Å². The predicted octanol–water partition coefficient (Wildman–Crippen LogP) is -1.08. The van der Waals surface area contributed by atoms with E-state index in [9.17, 15) is 20.4 Å². The Labute approximate surface area is 173 Å². The lowest BCUT2D eigenvalue weighted by atomic mass is 10.00. The van der Waals surface area contributed by atoms with E-state index < -0.39 is 72.6 Å². The van der Waals surface area contributed by atoms with Crippen molar-refractivity contribution >= 4 is 11.8 Å². The monoisotopic (exact) mass is 438 g/mol. The van der Waals surface area contributed by atoms with Crippen molar-refractivity contribution in [2.24, 2.45) is 0 Å². The molecule has 0 aromatic carbocycles. The summed E-state index contributed by atoms with van der Waals surface area (Å²) >= 11 is 1.21. The van der Waals surface area contributed by atoms with Crippen molar-refractivity contribution in [3.05, 3.63) is 0 Å². The molecule has 0 spiro atoms. The van der Waals surface area contributed by atoms with Crippen molar-refractivity contribution in [3.63, 3.8) is 0 Å². The molecule has 4 aliphatic heterocycles. The van der Waals surface area contributed by atoms with E-state index in [1.54, 1.807) is 0 Å². The fraction of sp³-hybridized carbons (Fsp3) is 1.00. The zero-order valence-electron chi connectivity index (χ0n) is 16.8. The van der Waals surface area contributed by atoms with Gasteiger partial charge in [0.05, 0.1) is 12.7 Å². The van der Waals surface area contributed by atoms with Crippen LogP contribution in [0.15, 0.2) is 0 Å². The van der Waals surface area contributed by atoms with Gasteiger partial charge < -0.3 is 48.8 Å². The molecule has 29 heavy (non-hydrogen) atoms. The van der Waals surface area contributed by atoms with Gasteiger partial charge in [-0.15, -0.1) is 11.8 Å². The molecule has 0 bridgehead atoms. The Morgan fingerprint density at radius 3 is 2.03 bits per heavy atom. The molecule has 0 aliphatic carbocycles. The van der Waals surface area contributed by atoms with Gasteiger partial charge in [0.25, 0.3) is 0 Å². The summed E-state index contributed by atoms with van der Waals surface area (Å²) in [6.45, 7) is 6.79. The second kappa shape index (κ2) is 7.82. The average molecular weight is 438 g/mol. The summed E-state index contributed by atoms with van der Waals surface area (Å²) in [7, 11) is 0. The number of fused-ring (bicyclic) bond motifs is 3. The topological polar surface area (TPSA) is 136 Å². The normalized spacial score (nSPS) is 50.9. The second-order valence-electron chi connectivity index (χ2n) is 8.74. The minimum atomic E-state index is -1.42. The zero-order valence-corrected chi connectivity index (χ0v) is 17.7. The highest BCUT2D eigenvalue weighted by Gasteiger charge is 2.60. The lowest BCUT2D eigenvalue weighted by Gasteiger charge is -2.41. The molecule has 10 nitrogen and oxygen atoms in total. The summed E-state index contributed by atoms with van der Waals surface area (Å²) in [6.07, 6.45) is -7.36. The van der Waals surface area contributed by atoms with Crippen molar-refractivity contribution < 1.29 is 48.8 Å². The van der Waals surface area contributed by atoms with E-state index in [1.165, 1.54) is 11.8 Å². The van der Waals surface area contributed by atoms with E-state index in [0.717, 1.165) is 0 Å². The molecule has 0 aromatic heterocycles. The molecule has 10 atom stereocenters. The highest BCUT2D eigenvalue weighted by atomic mass is 32.2. The molecule has 0 amide bonds. The van der Waals surface area contributed by atoms with E-state index in [0.29, 0.717) is 5.75 Å². The molecule has 0 radical (unpaired) electrons. The van der Waals surface area contributed by atoms with Gasteiger partial charge in [-0.2, -0.15) is 0 Å². The molecule has 168 valence electrons. The van der Waals surface area contributed by atoms with Gasteiger partial charge in [-0.3, -0.25) is 0 Å². The van der Waals surface area contributed by atoms with E-state index in [1.807, 2.05) is 27.7 Å². The van der Waals surface area contributed by atoms with Gasteiger partial charge in [-0.1, -0.05) is 0 Å². The number of aliphatic hydroxyl groups excluding tert-OH is 4. The van der Waals surface area contributed by atoms with Crippen LogP contribution < -0.4 is 0 Å². The Morgan fingerprint density at radius 1 is 0.724 bits per heavy atom. The third-order valence-corrected chi connectivity index (χ3v) is 6.76. The molecule has 4 aliphatic rings. The highest BCUT2D eigenvalue weighted by Crippen LogP contribution is 2.45. The first-order chi connectivity index (χ1) is 13.5. The number of aliphatic hydroxyl groups is 4. The third-order valence-electron chi connectivity index (χ3n) is 5.52. The molecule has 4 rings (SSSR count). The maximum atomic E-state index is 10.3. The summed E-state index contributed by atoms with van der Waals surface area (Å²) < 4.78 is 35.6. The maximum Gasteiger partial charge on any atom is 0.190 e. The van der Waals surface area contributed by atoms with Crippen LogP contribution in [0.1, 0.15) is 27.7 Å². The standard InChI is InChI=1S/C18H30O10S/c1-17(2)25-12-8(23-15-14(13(12)26-17)27-18(3,4)28-15)6-29-16-11(22)10(21)9(20)7(5-19)24-16/h7-16,19-22H,5-6H2,1-4H3/t7?,8?,9-,10?,11?,12+,13?,14?,15-,16+/m1/s1.